The minimum atomic E-state index is 0.393. The lowest BCUT2D eigenvalue weighted by Crippen LogP contribution is -2.37. The first-order valence-corrected chi connectivity index (χ1v) is 7.78. The van der Waals surface area contributed by atoms with Gasteiger partial charge in [0.2, 0.25) is 0 Å². The van der Waals surface area contributed by atoms with Crippen molar-refractivity contribution < 1.29 is 0 Å². The van der Waals surface area contributed by atoms with Crippen molar-refractivity contribution in [1.29, 1.82) is 0 Å². The summed E-state index contributed by atoms with van der Waals surface area (Å²) in [4.78, 5) is 0. The molecule has 0 aliphatic heterocycles. The van der Waals surface area contributed by atoms with E-state index in [0.717, 1.165) is 12.3 Å². The van der Waals surface area contributed by atoms with Crippen molar-refractivity contribution in [3.05, 3.63) is 34.3 Å². The average molecular weight is 311 g/mol. The van der Waals surface area contributed by atoms with Gasteiger partial charge >= 0.3 is 0 Å². The van der Waals surface area contributed by atoms with Gasteiger partial charge in [0.25, 0.3) is 0 Å². The molecule has 1 atom stereocenters. The SMILES string of the molecule is NNC(CCC1CCCC1)Cc1ccccc1Br. The molecule has 2 nitrogen and oxygen atoms in total. The van der Waals surface area contributed by atoms with Crippen molar-refractivity contribution in [2.75, 3.05) is 0 Å². The van der Waals surface area contributed by atoms with E-state index in [4.69, 9.17) is 5.84 Å². The van der Waals surface area contributed by atoms with Crippen molar-refractivity contribution in [3.8, 4) is 0 Å². The number of halogens is 1. The van der Waals surface area contributed by atoms with Crippen molar-refractivity contribution in [2.24, 2.45) is 11.8 Å². The molecule has 0 bridgehead atoms. The first-order chi connectivity index (χ1) is 8.79. The van der Waals surface area contributed by atoms with Crippen LogP contribution in [0.15, 0.2) is 28.7 Å². The summed E-state index contributed by atoms with van der Waals surface area (Å²) in [6, 6.07) is 8.80. The molecule has 1 aliphatic rings. The van der Waals surface area contributed by atoms with E-state index in [-0.39, 0.29) is 0 Å². The van der Waals surface area contributed by atoms with Crippen LogP contribution < -0.4 is 11.3 Å². The van der Waals surface area contributed by atoms with Gasteiger partial charge in [0, 0.05) is 10.5 Å². The predicted octanol–water partition coefficient (Wildman–Crippen LogP) is 3.79. The molecule has 1 aromatic carbocycles. The molecule has 100 valence electrons. The van der Waals surface area contributed by atoms with Gasteiger partial charge < -0.3 is 0 Å². The Bertz CT molecular complexity index is 361. The van der Waals surface area contributed by atoms with E-state index in [9.17, 15) is 0 Å². The van der Waals surface area contributed by atoms with Gasteiger partial charge in [-0.2, -0.15) is 0 Å². The maximum atomic E-state index is 5.69. The number of nitrogens with one attached hydrogen (secondary N) is 1. The van der Waals surface area contributed by atoms with Gasteiger partial charge in [-0.3, -0.25) is 11.3 Å². The molecular weight excluding hydrogens is 288 g/mol. The van der Waals surface area contributed by atoms with Crippen LogP contribution in [-0.2, 0) is 6.42 Å². The Balaban J connectivity index is 1.83. The van der Waals surface area contributed by atoms with Gasteiger partial charge in [-0.1, -0.05) is 59.8 Å². The first-order valence-electron chi connectivity index (χ1n) is 6.99. The molecule has 1 aromatic rings. The summed E-state index contributed by atoms with van der Waals surface area (Å²) < 4.78 is 1.19. The number of hydrazine groups is 1. The number of rotatable bonds is 6. The van der Waals surface area contributed by atoms with Gasteiger partial charge in [-0.15, -0.1) is 0 Å². The summed E-state index contributed by atoms with van der Waals surface area (Å²) in [6.45, 7) is 0. The Morgan fingerprint density at radius 3 is 2.67 bits per heavy atom. The van der Waals surface area contributed by atoms with E-state index >= 15 is 0 Å². The van der Waals surface area contributed by atoms with Crippen LogP contribution in [0.2, 0.25) is 0 Å². The van der Waals surface area contributed by atoms with Gasteiger partial charge in [0.15, 0.2) is 0 Å². The van der Waals surface area contributed by atoms with E-state index in [0.29, 0.717) is 6.04 Å². The fourth-order valence-corrected chi connectivity index (χ4v) is 3.36. The molecule has 3 heteroatoms. The summed E-state index contributed by atoms with van der Waals surface area (Å²) >= 11 is 3.60. The van der Waals surface area contributed by atoms with Crippen LogP contribution in [0, 0.1) is 5.92 Å². The summed E-state index contributed by atoms with van der Waals surface area (Å²) in [5.74, 6) is 6.63. The van der Waals surface area contributed by atoms with E-state index in [1.165, 1.54) is 48.6 Å². The number of hydrogen-bond acceptors (Lipinski definition) is 2. The third kappa shape index (κ3) is 4.08. The largest absolute Gasteiger partial charge is 0.271 e. The molecule has 1 saturated carbocycles. The van der Waals surface area contributed by atoms with E-state index in [2.05, 4.69) is 45.6 Å². The molecule has 0 heterocycles. The lowest BCUT2D eigenvalue weighted by molar-refractivity contribution is 0.406. The summed E-state index contributed by atoms with van der Waals surface area (Å²) in [6.07, 6.45) is 9.20. The van der Waals surface area contributed by atoms with Gasteiger partial charge in [0.05, 0.1) is 0 Å². The van der Waals surface area contributed by atoms with Crippen molar-refractivity contribution >= 4 is 15.9 Å². The second-order valence-electron chi connectivity index (χ2n) is 5.39. The fourth-order valence-electron chi connectivity index (χ4n) is 2.91. The van der Waals surface area contributed by atoms with Crippen LogP contribution in [0.1, 0.15) is 44.1 Å². The van der Waals surface area contributed by atoms with Crippen LogP contribution in [0.3, 0.4) is 0 Å². The normalized spacial score (nSPS) is 18.1. The van der Waals surface area contributed by atoms with E-state index in [1.54, 1.807) is 0 Å². The Labute approximate surface area is 118 Å². The summed E-state index contributed by atoms with van der Waals surface area (Å²) in [5.41, 5.74) is 4.32. The topological polar surface area (TPSA) is 38.0 Å². The minimum absolute atomic E-state index is 0.393. The van der Waals surface area contributed by atoms with Crippen molar-refractivity contribution in [3.63, 3.8) is 0 Å². The highest BCUT2D eigenvalue weighted by Gasteiger charge is 2.17. The molecule has 1 aliphatic carbocycles. The summed E-state index contributed by atoms with van der Waals surface area (Å²) in [7, 11) is 0. The van der Waals surface area contributed by atoms with Gasteiger partial charge in [0.1, 0.15) is 0 Å². The third-order valence-corrected chi connectivity index (χ3v) is 4.83. The highest BCUT2D eigenvalue weighted by atomic mass is 79.9. The smallest absolute Gasteiger partial charge is 0.0251 e. The zero-order valence-corrected chi connectivity index (χ0v) is 12.5. The predicted molar refractivity (Wildman–Crippen MR) is 80.1 cm³/mol. The quantitative estimate of drug-likeness (QED) is 0.619. The van der Waals surface area contributed by atoms with E-state index in [1.807, 2.05) is 0 Å². The zero-order chi connectivity index (χ0) is 12.8. The molecule has 0 aromatic heterocycles. The molecule has 1 fully saturated rings. The standard InChI is InChI=1S/C15H23BrN2/c16-15-8-4-3-7-13(15)11-14(18-17)10-9-12-5-1-2-6-12/h3-4,7-8,12,14,18H,1-2,5-6,9-11,17H2. The second kappa shape index (κ2) is 7.27. The minimum Gasteiger partial charge on any atom is -0.271 e. The second-order valence-corrected chi connectivity index (χ2v) is 6.24. The van der Waals surface area contributed by atoms with Crippen LogP contribution in [0.4, 0.5) is 0 Å². The molecule has 1 unspecified atom stereocenters. The monoisotopic (exact) mass is 310 g/mol. The number of nitrogens with two attached hydrogens (primary N) is 1. The Kier molecular flexibility index (Phi) is 5.67. The highest BCUT2D eigenvalue weighted by molar-refractivity contribution is 9.10. The maximum absolute atomic E-state index is 5.69. The molecular formula is C15H23BrN2. The summed E-state index contributed by atoms with van der Waals surface area (Å²) in [5, 5.41) is 0. The highest BCUT2D eigenvalue weighted by Crippen LogP contribution is 2.29. The van der Waals surface area contributed by atoms with Crippen LogP contribution >= 0.6 is 15.9 Å². The van der Waals surface area contributed by atoms with E-state index < -0.39 is 0 Å². The Hall–Kier alpha value is -0.380. The lowest BCUT2D eigenvalue weighted by Gasteiger charge is -2.18. The van der Waals surface area contributed by atoms with Gasteiger partial charge in [-0.05, 0) is 36.8 Å². The Morgan fingerprint density at radius 2 is 2.00 bits per heavy atom. The van der Waals surface area contributed by atoms with Crippen molar-refractivity contribution in [2.45, 2.75) is 51.0 Å². The zero-order valence-electron chi connectivity index (χ0n) is 10.9. The first kappa shape index (κ1) is 14.0. The molecule has 0 spiro atoms. The Morgan fingerprint density at radius 1 is 1.28 bits per heavy atom. The molecule has 2 rings (SSSR count). The van der Waals surface area contributed by atoms with Gasteiger partial charge in [-0.25, -0.2) is 0 Å². The fraction of sp³-hybridized carbons (Fsp3) is 0.600. The van der Waals surface area contributed by atoms with Crippen LogP contribution in [0.5, 0.6) is 0 Å². The average Bonchev–Trinajstić information content (AvgIpc) is 2.90. The van der Waals surface area contributed by atoms with Crippen molar-refractivity contribution in [1.82, 2.24) is 5.43 Å². The lowest BCUT2D eigenvalue weighted by atomic mass is 9.95. The molecule has 0 amide bonds. The molecule has 0 radical (unpaired) electrons. The molecule has 18 heavy (non-hydrogen) atoms. The number of hydrogen-bond donors (Lipinski definition) is 2. The van der Waals surface area contributed by atoms with Crippen LogP contribution in [-0.4, -0.2) is 6.04 Å². The third-order valence-electron chi connectivity index (χ3n) is 4.06. The van der Waals surface area contributed by atoms with Crippen LogP contribution in [0.25, 0.3) is 0 Å². The molecule has 3 N–H and O–H groups in total. The number of benzene rings is 1. The maximum Gasteiger partial charge on any atom is 0.0251 e. The molecule has 0 saturated heterocycles.